The Bertz CT molecular complexity index is 698. The highest BCUT2D eigenvalue weighted by molar-refractivity contribution is 5.95. The van der Waals surface area contributed by atoms with Gasteiger partial charge in [-0.1, -0.05) is 6.92 Å². The zero-order chi connectivity index (χ0) is 18.9. The maximum absolute atomic E-state index is 13.1. The van der Waals surface area contributed by atoms with Gasteiger partial charge in [-0.15, -0.1) is 0 Å². The molecule has 27 heavy (non-hydrogen) atoms. The summed E-state index contributed by atoms with van der Waals surface area (Å²) < 4.78 is 5.59. The summed E-state index contributed by atoms with van der Waals surface area (Å²) in [4.78, 5) is 30.0. The van der Waals surface area contributed by atoms with E-state index in [4.69, 9.17) is 4.74 Å². The second-order valence-corrected chi connectivity index (χ2v) is 8.43. The van der Waals surface area contributed by atoms with Crippen LogP contribution in [0, 0.1) is 11.3 Å². The Morgan fingerprint density at radius 1 is 1.19 bits per heavy atom. The fourth-order valence-electron chi connectivity index (χ4n) is 4.46. The lowest BCUT2D eigenvalue weighted by Gasteiger charge is -2.39. The zero-order valence-electron chi connectivity index (χ0n) is 16.3. The smallest absolute Gasteiger partial charge is 0.253 e. The summed E-state index contributed by atoms with van der Waals surface area (Å²) in [6.45, 7) is 5.81. The van der Waals surface area contributed by atoms with Gasteiger partial charge in [-0.05, 0) is 68.7 Å². The Balaban J connectivity index is 1.40. The van der Waals surface area contributed by atoms with Gasteiger partial charge in [0.2, 0.25) is 5.91 Å². The summed E-state index contributed by atoms with van der Waals surface area (Å²) in [7, 11) is 0. The van der Waals surface area contributed by atoms with Crippen LogP contribution in [-0.2, 0) is 4.79 Å². The monoisotopic (exact) mass is 370 g/mol. The van der Waals surface area contributed by atoms with Crippen molar-refractivity contribution >= 4 is 11.8 Å². The Kier molecular flexibility index (Phi) is 5.11. The van der Waals surface area contributed by atoms with E-state index in [1.807, 2.05) is 29.2 Å². The molecule has 1 aromatic rings. The maximum atomic E-state index is 13.1. The van der Waals surface area contributed by atoms with Gasteiger partial charge in [0.05, 0.1) is 12.0 Å². The molecule has 2 heterocycles. The largest absolute Gasteiger partial charge is 0.494 e. The number of hydrogen-bond donors (Lipinski definition) is 0. The number of amides is 2. The fraction of sp³-hybridized carbons (Fsp3) is 0.636. The van der Waals surface area contributed by atoms with Crippen LogP contribution in [0.3, 0.4) is 0 Å². The minimum absolute atomic E-state index is 0.0287. The van der Waals surface area contributed by atoms with E-state index in [1.54, 1.807) is 0 Å². The van der Waals surface area contributed by atoms with E-state index in [2.05, 4.69) is 11.8 Å². The van der Waals surface area contributed by atoms with Crippen LogP contribution in [0.15, 0.2) is 24.3 Å². The minimum atomic E-state index is -0.340. The third kappa shape index (κ3) is 3.83. The SMILES string of the molecule is CCCOc1ccc(C(=O)N2CC[C@]3(CCCN(CC4CC4)C3=O)C2)cc1. The summed E-state index contributed by atoms with van der Waals surface area (Å²) in [5, 5.41) is 0. The average molecular weight is 370 g/mol. The number of carbonyl (C=O) groups excluding carboxylic acids is 2. The van der Waals surface area contributed by atoms with Crippen LogP contribution in [-0.4, -0.2) is 54.4 Å². The summed E-state index contributed by atoms with van der Waals surface area (Å²) >= 11 is 0. The topological polar surface area (TPSA) is 49.9 Å². The number of rotatable bonds is 6. The van der Waals surface area contributed by atoms with Crippen molar-refractivity contribution in [3.05, 3.63) is 29.8 Å². The normalized spacial score (nSPS) is 25.3. The molecule has 1 spiro atoms. The predicted molar refractivity (Wildman–Crippen MR) is 104 cm³/mol. The molecule has 1 atom stereocenters. The second-order valence-electron chi connectivity index (χ2n) is 8.43. The third-order valence-corrected chi connectivity index (χ3v) is 6.21. The first kappa shape index (κ1) is 18.3. The second kappa shape index (κ2) is 7.53. The van der Waals surface area contributed by atoms with E-state index >= 15 is 0 Å². The van der Waals surface area contributed by atoms with Crippen molar-refractivity contribution in [2.75, 3.05) is 32.8 Å². The van der Waals surface area contributed by atoms with E-state index in [-0.39, 0.29) is 11.3 Å². The van der Waals surface area contributed by atoms with Crippen molar-refractivity contribution in [2.45, 2.75) is 45.4 Å². The molecule has 0 unspecified atom stereocenters. The van der Waals surface area contributed by atoms with Crippen LogP contribution in [0.1, 0.15) is 55.8 Å². The standard InChI is InChI=1S/C22H30N2O3/c1-2-14-27-19-8-6-18(7-9-19)20(25)24-13-11-22(16-24)10-3-12-23(21(22)26)15-17-4-5-17/h6-9,17H,2-5,10-16H2,1H3/t22-/m1/s1. The summed E-state index contributed by atoms with van der Waals surface area (Å²) in [5.74, 6) is 1.83. The first-order valence-electron chi connectivity index (χ1n) is 10.4. The van der Waals surface area contributed by atoms with E-state index in [0.29, 0.717) is 31.2 Å². The highest BCUT2D eigenvalue weighted by atomic mass is 16.5. The highest BCUT2D eigenvalue weighted by Gasteiger charge is 2.49. The van der Waals surface area contributed by atoms with Crippen LogP contribution in [0.5, 0.6) is 5.75 Å². The van der Waals surface area contributed by atoms with Crippen molar-refractivity contribution in [1.29, 1.82) is 0 Å². The first-order chi connectivity index (χ1) is 13.1. The number of hydrogen-bond acceptors (Lipinski definition) is 3. The molecule has 4 rings (SSSR count). The number of likely N-dealkylation sites (tertiary alicyclic amines) is 2. The van der Waals surface area contributed by atoms with Crippen LogP contribution in [0.2, 0.25) is 0 Å². The third-order valence-electron chi connectivity index (χ3n) is 6.21. The van der Waals surface area contributed by atoms with Crippen LogP contribution in [0.4, 0.5) is 0 Å². The van der Waals surface area contributed by atoms with Gasteiger partial charge in [0.15, 0.2) is 0 Å². The van der Waals surface area contributed by atoms with Gasteiger partial charge in [-0.3, -0.25) is 9.59 Å². The van der Waals surface area contributed by atoms with Gasteiger partial charge in [-0.2, -0.15) is 0 Å². The molecule has 2 amide bonds. The van der Waals surface area contributed by atoms with Crippen molar-refractivity contribution in [3.63, 3.8) is 0 Å². The molecule has 5 nitrogen and oxygen atoms in total. The number of carbonyl (C=O) groups is 2. The lowest BCUT2D eigenvalue weighted by Crippen LogP contribution is -2.50. The Hall–Kier alpha value is -2.04. The Morgan fingerprint density at radius 2 is 1.96 bits per heavy atom. The number of ether oxygens (including phenoxy) is 1. The first-order valence-corrected chi connectivity index (χ1v) is 10.4. The molecular formula is C22H30N2O3. The predicted octanol–water partition coefficient (Wildman–Crippen LogP) is 3.34. The molecule has 146 valence electrons. The van der Waals surface area contributed by atoms with Gasteiger partial charge in [0.1, 0.15) is 5.75 Å². The quantitative estimate of drug-likeness (QED) is 0.772. The van der Waals surface area contributed by atoms with Gasteiger partial charge in [0, 0.05) is 31.7 Å². The molecule has 1 saturated carbocycles. The Labute approximate surface area is 161 Å². The van der Waals surface area contributed by atoms with Crippen molar-refractivity contribution in [3.8, 4) is 5.75 Å². The fourth-order valence-corrected chi connectivity index (χ4v) is 4.46. The molecule has 5 heteroatoms. The summed E-state index contributed by atoms with van der Waals surface area (Å²) in [6.07, 6.45) is 6.27. The molecule has 1 aliphatic carbocycles. The van der Waals surface area contributed by atoms with E-state index < -0.39 is 0 Å². The van der Waals surface area contributed by atoms with E-state index in [0.717, 1.165) is 50.4 Å². The van der Waals surface area contributed by atoms with Gasteiger partial charge in [0.25, 0.3) is 5.91 Å². The molecule has 0 N–H and O–H groups in total. The molecule has 0 radical (unpaired) electrons. The summed E-state index contributed by atoms with van der Waals surface area (Å²) in [6, 6.07) is 7.39. The molecule has 2 aliphatic heterocycles. The van der Waals surface area contributed by atoms with Gasteiger partial charge in [-0.25, -0.2) is 0 Å². The lowest BCUT2D eigenvalue weighted by molar-refractivity contribution is -0.145. The minimum Gasteiger partial charge on any atom is -0.494 e. The zero-order valence-corrected chi connectivity index (χ0v) is 16.3. The number of piperidine rings is 1. The molecule has 2 saturated heterocycles. The van der Waals surface area contributed by atoms with Gasteiger partial charge >= 0.3 is 0 Å². The van der Waals surface area contributed by atoms with Crippen LogP contribution in [0.25, 0.3) is 0 Å². The highest BCUT2D eigenvalue weighted by Crippen LogP contribution is 2.42. The molecule has 3 fully saturated rings. The van der Waals surface area contributed by atoms with E-state index in [1.165, 1.54) is 12.8 Å². The molecule has 0 aromatic heterocycles. The van der Waals surface area contributed by atoms with E-state index in [9.17, 15) is 9.59 Å². The molecule has 1 aromatic carbocycles. The van der Waals surface area contributed by atoms with Crippen LogP contribution < -0.4 is 4.74 Å². The maximum Gasteiger partial charge on any atom is 0.253 e. The van der Waals surface area contributed by atoms with Crippen molar-refractivity contribution in [1.82, 2.24) is 9.80 Å². The van der Waals surface area contributed by atoms with Crippen molar-refractivity contribution < 1.29 is 14.3 Å². The van der Waals surface area contributed by atoms with Crippen molar-refractivity contribution in [2.24, 2.45) is 11.3 Å². The molecule has 3 aliphatic rings. The average Bonchev–Trinajstić information content (AvgIpc) is 3.41. The molecular weight excluding hydrogens is 340 g/mol. The summed E-state index contributed by atoms with van der Waals surface area (Å²) in [5.41, 5.74) is 0.335. The number of benzene rings is 1. The van der Waals surface area contributed by atoms with Crippen LogP contribution >= 0.6 is 0 Å². The molecule has 0 bridgehead atoms. The lowest BCUT2D eigenvalue weighted by atomic mass is 9.78. The van der Waals surface area contributed by atoms with Gasteiger partial charge < -0.3 is 14.5 Å². The Morgan fingerprint density at radius 3 is 2.67 bits per heavy atom. The number of nitrogens with zero attached hydrogens (tertiary/aromatic N) is 2.